The zero-order valence-corrected chi connectivity index (χ0v) is 11.1. The van der Waals surface area contributed by atoms with Crippen molar-refractivity contribution in [2.75, 3.05) is 0 Å². The molecule has 0 aromatic carbocycles. The van der Waals surface area contributed by atoms with Gasteiger partial charge in [0.2, 0.25) is 0 Å². The summed E-state index contributed by atoms with van der Waals surface area (Å²) in [4.78, 5) is 22.9. The van der Waals surface area contributed by atoms with Crippen molar-refractivity contribution in [3.63, 3.8) is 0 Å². The monoisotopic (exact) mass is 240 g/mol. The molecule has 2 rings (SSSR count). The third-order valence-electron chi connectivity index (χ3n) is 4.30. The number of ether oxygens (including phenoxy) is 2. The topological polar surface area (TPSA) is 55.9 Å². The van der Waals surface area contributed by atoms with Crippen LogP contribution in [0.15, 0.2) is 0 Å². The lowest BCUT2D eigenvalue weighted by Crippen LogP contribution is -2.54. The first-order valence-electron chi connectivity index (χ1n) is 6.05. The van der Waals surface area contributed by atoms with Gasteiger partial charge in [0.05, 0.1) is 6.10 Å². The number of carbonyl (C=O) groups is 2. The number of epoxide rings is 1. The first-order chi connectivity index (χ1) is 7.69. The third kappa shape index (κ3) is 1.79. The predicted molar refractivity (Wildman–Crippen MR) is 61.4 cm³/mol. The molecule has 1 saturated carbocycles. The summed E-state index contributed by atoms with van der Waals surface area (Å²) >= 11 is 0. The molecule has 17 heavy (non-hydrogen) atoms. The highest BCUT2D eigenvalue weighted by molar-refractivity contribution is 5.80. The van der Waals surface area contributed by atoms with Crippen LogP contribution >= 0.6 is 0 Å². The van der Waals surface area contributed by atoms with Gasteiger partial charge in [0.15, 0.2) is 0 Å². The highest BCUT2D eigenvalue weighted by atomic mass is 16.6. The highest BCUT2D eigenvalue weighted by Crippen LogP contribution is 2.57. The zero-order valence-electron chi connectivity index (χ0n) is 11.1. The fourth-order valence-electron chi connectivity index (χ4n) is 3.35. The number of hydrogen-bond acceptors (Lipinski definition) is 4. The average Bonchev–Trinajstić information content (AvgIpc) is 2.81. The van der Waals surface area contributed by atoms with Gasteiger partial charge in [-0.05, 0) is 20.3 Å². The molecule has 0 amide bonds. The van der Waals surface area contributed by atoms with E-state index in [0.717, 1.165) is 6.42 Å². The van der Waals surface area contributed by atoms with E-state index in [4.69, 9.17) is 9.47 Å². The summed E-state index contributed by atoms with van der Waals surface area (Å²) in [5, 5.41) is 0. The Balaban J connectivity index is 2.31. The van der Waals surface area contributed by atoms with Gasteiger partial charge in [-0.1, -0.05) is 13.8 Å². The first kappa shape index (κ1) is 12.6. The second-order valence-electron chi connectivity index (χ2n) is 6.00. The fourth-order valence-corrected chi connectivity index (χ4v) is 3.35. The average molecular weight is 240 g/mol. The minimum Gasteiger partial charge on any atom is -0.459 e. The van der Waals surface area contributed by atoms with Crippen LogP contribution in [0.1, 0.15) is 41.0 Å². The number of ketones is 1. The maximum atomic E-state index is 11.7. The summed E-state index contributed by atoms with van der Waals surface area (Å²) in [5.41, 5.74) is -0.777. The highest BCUT2D eigenvalue weighted by Gasteiger charge is 2.69. The van der Waals surface area contributed by atoms with Crippen molar-refractivity contribution in [1.29, 1.82) is 0 Å². The minimum atomic E-state index is -0.402. The molecule has 1 saturated heterocycles. The molecule has 4 atom stereocenters. The predicted octanol–water partition coefficient (Wildman–Crippen LogP) is 1.71. The van der Waals surface area contributed by atoms with Crippen LogP contribution in [0.2, 0.25) is 0 Å². The summed E-state index contributed by atoms with van der Waals surface area (Å²) in [6.07, 6.45) is 0.435. The van der Waals surface area contributed by atoms with E-state index in [9.17, 15) is 9.59 Å². The zero-order chi connectivity index (χ0) is 13.0. The smallest absolute Gasteiger partial charge is 0.303 e. The Morgan fingerprint density at radius 1 is 1.24 bits per heavy atom. The molecule has 0 N–H and O–H groups in total. The van der Waals surface area contributed by atoms with Crippen molar-refractivity contribution in [3.05, 3.63) is 0 Å². The Morgan fingerprint density at radius 2 is 1.82 bits per heavy atom. The van der Waals surface area contributed by atoms with Gasteiger partial charge in [0, 0.05) is 18.3 Å². The number of hydrogen-bond donors (Lipinski definition) is 0. The molecule has 0 aromatic rings. The molecule has 96 valence electrons. The van der Waals surface area contributed by atoms with E-state index in [2.05, 4.69) is 0 Å². The van der Waals surface area contributed by atoms with Crippen LogP contribution in [0.25, 0.3) is 0 Å². The van der Waals surface area contributed by atoms with E-state index in [1.165, 1.54) is 6.92 Å². The fraction of sp³-hybridized carbons (Fsp3) is 0.846. The Bertz CT molecular complexity index is 374. The van der Waals surface area contributed by atoms with Gasteiger partial charge in [-0.3, -0.25) is 9.59 Å². The van der Waals surface area contributed by atoms with Crippen molar-refractivity contribution >= 4 is 11.8 Å². The Labute approximate surface area is 102 Å². The van der Waals surface area contributed by atoms with Crippen LogP contribution in [-0.2, 0) is 19.1 Å². The second kappa shape index (κ2) is 3.55. The van der Waals surface area contributed by atoms with Gasteiger partial charge < -0.3 is 9.47 Å². The van der Waals surface area contributed by atoms with Gasteiger partial charge >= 0.3 is 5.97 Å². The van der Waals surface area contributed by atoms with Crippen molar-refractivity contribution < 1.29 is 19.1 Å². The molecule has 0 bridgehead atoms. The molecule has 2 fully saturated rings. The normalized spacial score (nSPS) is 42.5. The molecule has 0 radical (unpaired) electrons. The molecule has 0 unspecified atom stereocenters. The summed E-state index contributed by atoms with van der Waals surface area (Å²) < 4.78 is 11.1. The van der Waals surface area contributed by atoms with Crippen molar-refractivity contribution in [2.24, 2.45) is 11.3 Å². The summed E-state index contributed by atoms with van der Waals surface area (Å²) in [5.74, 6) is -0.278. The van der Waals surface area contributed by atoms with Crippen LogP contribution in [0, 0.1) is 11.3 Å². The molecule has 0 spiro atoms. The molecule has 4 nitrogen and oxygen atoms in total. The maximum absolute atomic E-state index is 11.7. The van der Waals surface area contributed by atoms with Gasteiger partial charge in [-0.15, -0.1) is 0 Å². The van der Waals surface area contributed by atoms with Gasteiger partial charge in [-0.2, -0.15) is 0 Å². The van der Waals surface area contributed by atoms with Crippen LogP contribution in [-0.4, -0.2) is 29.6 Å². The molecule has 1 heterocycles. The van der Waals surface area contributed by atoms with Crippen LogP contribution in [0.3, 0.4) is 0 Å². The van der Waals surface area contributed by atoms with Crippen molar-refractivity contribution in [2.45, 2.75) is 58.8 Å². The lowest BCUT2D eigenvalue weighted by Gasteiger charge is -2.44. The molecule has 1 aliphatic carbocycles. The number of fused-ring (bicyclic) bond motifs is 1. The summed E-state index contributed by atoms with van der Waals surface area (Å²) in [6.45, 7) is 8.92. The quantitative estimate of drug-likeness (QED) is 0.544. The van der Waals surface area contributed by atoms with Crippen molar-refractivity contribution in [3.8, 4) is 0 Å². The van der Waals surface area contributed by atoms with E-state index in [0.29, 0.717) is 0 Å². The molecular formula is C13H20O4. The lowest BCUT2D eigenvalue weighted by molar-refractivity contribution is -0.165. The standard InChI is InChI=1S/C13H20O4/c1-7(14)9-6-10-13(5,17-10)11(12(9,3)4)16-8(2)15/h9-11H,6H2,1-5H3/t9-,10+,11+,13+/m0/s1. The van der Waals surface area contributed by atoms with Crippen LogP contribution in [0.4, 0.5) is 0 Å². The van der Waals surface area contributed by atoms with E-state index in [-0.39, 0.29) is 35.3 Å². The van der Waals surface area contributed by atoms with Crippen LogP contribution in [0.5, 0.6) is 0 Å². The Hall–Kier alpha value is -0.900. The number of carbonyl (C=O) groups excluding carboxylic acids is 2. The number of esters is 1. The van der Waals surface area contributed by atoms with Gasteiger partial charge in [0.1, 0.15) is 17.5 Å². The summed E-state index contributed by atoms with van der Waals surface area (Å²) in [6, 6.07) is 0. The van der Waals surface area contributed by atoms with Gasteiger partial charge in [0.25, 0.3) is 0 Å². The molecular weight excluding hydrogens is 220 g/mol. The molecule has 2 aliphatic rings. The SMILES string of the molecule is CC(=O)O[C@@H]1C(C)(C)[C@H](C(C)=O)C[C@H]2O[C@@]12C. The number of Topliss-reactive ketones (excluding diaryl/α,β-unsaturated/α-hetero) is 1. The second-order valence-corrected chi connectivity index (χ2v) is 6.00. The first-order valence-corrected chi connectivity index (χ1v) is 6.05. The largest absolute Gasteiger partial charge is 0.459 e. The lowest BCUT2D eigenvalue weighted by atomic mass is 9.62. The molecule has 0 aromatic heterocycles. The van der Waals surface area contributed by atoms with Crippen molar-refractivity contribution in [1.82, 2.24) is 0 Å². The summed E-state index contributed by atoms with van der Waals surface area (Å²) in [7, 11) is 0. The Kier molecular flexibility index (Phi) is 2.62. The molecule has 1 aliphatic heterocycles. The molecule has 4 heteroatoms. The van der Waals surface area contributed by atoms with E-state index in [1.807, 2.05) is 20.8 Å². The van der Waals surface area contributed by atoms with E-state index in [1.54, 1.807) is 6.92 Å². The van der Waals surface area contributed by atoms with E-state index < -0.39 is 5.60 Å². The number of rotatable bonds is 2. The van der Waals surface area contributed by atoms with Crippen LogP contribution < -0.4 is 0 Å². The maximum Gasteiger partial charge on any atom is 0.303 e. The minimum absolute atomic E-state index is 0.0498. The third-order valence-corrected chi connectivity index (χ3v) is 4.30. The van der Waals surface area contributed by atoms with Gasteiger partial charge in [-0.25, -0.2) is 0 Å². The van der Waals surface area contributed by atoms with E-state index >= 15 is 0 Å². The Morgan fingerprint density at radius 3 is 2.29 bits per heavy atom.